The molecule has 1 rings (SSSR count). The van der Waals surface area contributed by atoms with Gasteiger partial charge in [-0.1, -0.05) is 13.0 Å². The monoisotopic (exact) mass is 297 g/mol. The predicted octanol–water partition coefficient (Wildman–Crippen LogP) is 1.33. The summed E-state index contributed by atoms with van der Waals surface area (Å²) >= 11 is 0. The highest BCUT2D eigenvalue weighted by Crippen LogP contribution is 2.10. The Morgan fingerprint density at radius 3 is 2.50 bits per heavy atom. The molecule has 108 valence electrons. The van der Waals surface area contributed by atoms with E-state index in [4.69, 9.17) is 5.73 Å². The summed E-state index contributed by atoms with van der Waals surface area (Å²) in [5.74, 6) is -0.00956. The van der Waals surface area contributed by atoms with Crippen LogP contribution >= 0.6 is 24.8 Å². The van der Waals surface area contributed by atoms with Gasteiger partial charge in [0.2, 0.25) is 5.91 Å². The van der Waals surface area contributed by atoms with Gasteiger partial charge in [0.25, 0.3) is 0 Å². The topological polar surface area (TPSA) is 58.4 Å². The number of hydrogen-bond donors (Lipinski definition) is 2. The number of nitrogens with one attached hydrogen (secondary N) is 1. The van der Waals surface area contributed by atoms with Crippen molar-refractivity contribution in [1.29, 1.82) is 0 Å². The first-order chi connectivity index (χ1) is 7.67. The Morgan fingerprint density at radius 2 is 2.06 bits per heavy atom. The lowest BCUT2D eigenvalue weighted by Gasteiger charge is -2.32. The number of halogens is 2. The lowest BCUT2D eigenvalue weighted by Crippen LogP contribution is -2.49. The average molecular weight is 298 g/mol. The number of nitrogens with two attached hydrogens (primary N) is 1. The molecular formula is C12H25Cl2N3O. The second kappa shape index (κ2) is 10.6. The number of rotatable bonds is 5. The quantitative estimate of drug-likeness (QED) is 0.753. The number of carbonyl (C=O) groups is 1. The van der Waals surface area contributed by atoms with Gasteiger partial charge in [-0.3, -0.25) is 9.69 Å². The van der Waals surface area contributed by atoms with Crippen LogP contribution in [0.2, 0.25) is 0 Å². The van der Waals surface area contributed by atoms with Crippen molar-refractivity contribution < 1.29 is 4.79 Å². The molecule has 0 aliphatic carbocycles. The van der Waals surface area contributed by atoms with E-state index >= 15 is 0 Å². The summed E-state index contributed by atoms with van der Waals surface area (Å²) in [7, 11) is 0. The first-order valence-corrected chi connectivity index (χ1v) is 6.06. The molecule has 0 bridgehead atoms. The van der Waals surface area contributed by atoms with Crippen LogP contribution in [0.1, 0.15) is 26.2 Å². The molecule has 18 heavy (non-hydrogen) atoms. The van der Waals surface area contributed by atoms with E-state index in [-0.39, 0.29) is 36.8 Å². The highest BCUT2D eigenvalue weighted by atomic mass is 35.5. The van der Waals surface area contributed by atoms with E-state index in [0.29, 0.717) is 12.5 Å². The van der Waals surface area contributed by atoms with E-state index in [1.807, 2.05) is 13.0 Å². The summed E-state index contributed by atoms with van der Waals surface area (Å²) in [4.78, 5) is 13.9. The van der Waals surface area contributed by atoms with E-state index in [1.54, 1.807) is 0 Å². The van der Waals surface area contributed by atoms with Crippen LogP contribution in [0.15, 0.2) is 12.7 Å². The number of hydrogen-bond acceptors (Lipinski definition) is 3. The Bertz CT molecular complexity index is 243. The Hall–Kier alpha value is -0.290. The Morgan fingerprint density at radius 1 is 1.50 bits per heavy atom. The molecule has 1 aliphatic rings. The summed E-state index contributed by atoms with van der Waals surface area (Å²) in [5.41, 5.74) is 5.67. The fraction of sp³-hybridized carbons (Fsp3) is 0.750. The lowest BCUT2D eigenvalue weighted by atomic mass is 10.0. The highest BCUT2D eigenvalue weighted by molar-refractivity contribution is 5.85. The molecule has 0 aromatic carbocycles. The summed E-state index contributed by atoms with van der Waals surface area (Å²) in [6.45, 7) is 8.65. The first-order valence-electron chi connectivity index (χ1n) is 6.06. The van der Waals surface area contributed by atoms with Crippen LogP contribution in [-0.2, 0) is 4.79 Å². The van der Waals surface area contributed by atoms with Crippen LogP contribution in [0.25, 0.3) is 0 Å². The van der Waals surface area contributed by atoms with Gasteiger partial charge in [-0.25, -0.2) is 0 Å². The van der Waals surface area contributed by atoms with Crippen LogP contribution in [0.4, 0.5) is 0 Å². The van der Waals surface area contributed by atoms with Gasteiger partial charge in [-0.05, 0) is 19.3 Å². The summed E-state index contributed by atoms with van der Waals surface area (Å²) in [6, 6.07) is -0.0580. The van der Waals surface area contributed by atoms with Crippen LogP contribution in [0.5, 0.6) is 0 Å². The summed E-state index contributed by atoms with van der Waals surface area (Å²) < 4.78 is 0. The molecule has 1 atom stereocenters. The van der Waals surface area contributed by atoms with Gasteiger partial charge in [0.05, 0.1) is 6.04 Å². The maximum Gasteiger partial charge on any atom is 0.237 e. The van der Waals surface area contributed by atoms with Crippen LogP contribution < -0.4 is 11.1 Å². The molecule has 0 aromatic rings. The van der Waals surface area contributed by atoms with Crippen molar-refractivity contribution in [3.63, 3.8) is 0 Å². The molecule has 0 radical (unpaired) electrons. The van der Waals surface area contributed by atoms with Crippen molar-refractivity contribution in [3.8, 4) is 0 Å². The van der Waals surface area contributed by atoms with Gasteiger partial charge in [0.1, 0.15) is 0 Å². The van der Waals surface area contributed by atoms with Gasteiger partial charge < -0.3 is 11.1 Å². The Balaban J connectivity index is 0. The van der Waals surface area contributed by atoms with Crippen molar-refractivity contribution in [2.45, 2.75) is 38.3 Å². The van der Waals surface area contributed by atoms with Crippen molar-refractivity contribution >= 4 is 30.7 Å². The molecule has 4 nitrogen and oxygen atoms in total. The number of amides is 1. The minimum Gasteiger partial charge on any atom is -0.352 e. The second-order valence-electron chi connectivity index (χ2n) is 4.39. The van der Waals surface area contributed by atoms with Crippen LogP contribution in [0.3, 0.4) is 0 Å². The maximum absolute atomic E-state index is 11.6. The van der Waals surface area contributed by atoms with E-state index in [2.05, 4.69) is 16.8 Å². The molecule has 0 aromatic heterocycles. The first kappa shape index (κ1) is 20.0. The zero-order valence-electron chi connectivity index (χ0n) is 10.9. The van der Waals surface area contributed by atoms with Crippen molar-refractivity contribution in [2.75, 3.05) is 19.6 Å². The van der Waals surface area contributed by atoms with Gasteiger partial charge in [-0.15, -0.1) is 31.4 Å². The van der Waals surface area contributed by atoms with Gasteiger partial charge >= 0.3 is 0 Å². The average Bonchev–Trinajstić information content (AvgIpc) is 2.31. The molecular weight excluding hydrogens is 273 g/mol. The standard InChI is InChI=1S/C12H23N3O.2ClH/c1-3-7-15-8-5-10(6-9-15)14-12(16)11(13)4-2;;/h3,10-11H,1,4-9,13H2,2H3,(H,14,16);2*1H/t11-;;/m0../s1. The second-order valence-corrected chi connectivity index (χ2v) is 4.39. The van der Waals surface area contributed by atoms with E-state index < -0.39 is 0 Å². The normalized spacial score (nSPS) is 18.1. The molecule has 1 saturated heterocycles. The SMILES string of the molecule is C=CCN1CCC(NC(=O)[C@@H](N)CC)CC1.Cl.Cl. The number of carbonyl (C=O) groups excluding carboxylic acids is 1. The minimum atomic E-state index is -0.355. The molecule has 1 heterocycles. The van der Waals surface area contributed by atoms with Gasteiger partial charge in [0, 0.05) is 25.7 Å². The Kier molecular flexibility index (Phi) is 11.8. The van der Waals surface area contributed by atoms with Crippen molar-refractivity contribution in [3.05, 3.63) is 12.7 Å². The fourth-order valence-corrected chi connectivity index (χ4v) is 1.94. The third-order valence-corrected chi connectivity index (χ3v) is 3.10. The lowest BCUT2D eigenvalue weighted by molar-refractivity contribution is -0.123. The summed E-state index contributed by atoms with van der Waals surface area (Å²) in [5, 5.41) is 3.02. The van der Waals surface area contributed by atoms with E-state index in [0.717, 1.165) is 32.5 Å². The Labute approximate surface area is 122 Å². The van der Waals surface area contributed by atoms with Crippen LogP contribution in [0, 0.1) is 0 Å². The molecule has 0 spiro atoms. The molecule has 1 aliphatic heterocycles. The molecule has 6 heteroatoms. The third kappa shape index (κ3) is 6.59. The van der Waals surface area contributed by atoms with Crippen molar-refractivity contribution in [2.24, 2.45) is 5.73 Å². The fourth-order valence-electron chi connectivity index (χ4n) is 1.94. The van der Waals surface area contributed by atoms with Crippen LogP contribution in [-0.4, -0.2) is 42.5 Å². The smallest absolute Gasteiger partial charge is 0.237 e. The highest BCUT2D eigenvalue weighted by Gasteiger charge is 2.21. The number of likely N-dealkylation sites (tertiary alicyclic amines) is 1. The largest absolute Gasteiger partial charge is 0.352 e. The number of piperidine rings is 1. The van der Waals surface area contributed by atoms with Crippen molar-refractivity contribution in [1.82, 2.24) is 10.2 Å². The zero-order chi connectivity index (χ0) is 12.0. The third-order valence-electron chi connectivity index (χ3n) is 3.10. The molecule has 3 N–H and O–H groups in total. The molecule has 0 unspecified atom stereocenters. The number of nitrogens with zero attached hydrogens (tertiary/aromatic N) is 1. The van der Waals surface area contributed by atoms with Gasteiger partial charge in [-0.2, -0.15) is 0 Å². The predicted molar refractivity (Wildman–Crippen MR) is 80.6 cm³/mol. The van der Waals surface area contributed by atoms with E-state index in [9.17, 15) is 4.79 Å². The zero-order valence-corrected chi connectivity index (χ0v) is 12.6. The molecule has 1 amide bonds. The van der Waals surface area contributed by atoms with E-state index in [1.165, 1.54) is 0 Å². The molecule has 0 saturated carbocycles. The van der Waals surface area contributed by atoms with Gasteiger partial charge in [0.15, 0.2) is 0 Å². The summed E-state index contributed by atoms with van der Waals surface area (Å²) in [6.07, 6.45) is 4.64. The minimum absolute atomic E-state index is 0. The molecule has 1 fully saturated rings. The maximum atomic E-state index is 11.6.